The van der Waals surface area contributed by atoms with Crippen LogP contribution >= 0.6 is 0 Å². The van der Waals surface area contributed by atoms with E-state index in [2.05, 4.69) is 5.32 Å². The first-order chi connectivity index (χ1) is 7.88. The van der Waals surface area contributed by atoms with Crippen LogP contribution in [0.4, 0.5) is 0 Å². The van der Waals surface area contributed by atoms with E-state index in [0.717, 1.165) is 25.7 Å². The molecule has 1 saturated carbocycles. The van der Waals surface area contributed by atoms with Crippen molar-refractivity contribution in [2.45, 2.75) is 51.2 Å². The molecule has 1 amide bonds. The van der Waals surface area contributed by atoms with Gasteiger partial charge in [0.05, 0.1) is 5.60 Å². The van der Waals surface area contributed by atoms with Gasteiger partial charge < -0.3 is 15.2 Å². The highest BCUT2D eigenvalue weighted by Gasteiger charge is 2.38. The second-order valence-electron chi connectivity index (χ2n) is 5.07. The highest BCUT2D eigenvalue weighted by atomic mass is 16.5. The van der Waals surface area contributed by atoms with Crippen molar-refractivity contribution in [3.63, 3.8) is 0 Å². The van der Waals surface area contributed by atoms with Gasteiger partial charge in [0.1, 0.15) is 0 Å². The highest BCUT2D eigenvalue weighted by molar-refractivity contribution is 5.85. The van der Waals surface area contributed by atoms with E-state index < -0.39 is 17.6 Å². The van der Waals surface area contributed by atoms with E-state index in [9.17, 15) is 9.59 Å². The molecular weight excluding hydrogens is 222 g/mol. The highest BCUT2D eigenvalue weighted by Crippen LogP contribution is 2.25. The number of aliphatic carboxylic acids is 1. The Labute approximate surface area is 102 Å². The van der Waals surface area contributed by atoms with Gasteiger partial charge in [0, 0.05) is 13.0 Å². The molecule has 1 rings (SSSR count). The average Bonchev–Trinajstić information content (AvgIpc) is 2.78. The van der Waals surface area contributed by atoms with Gasteiger partial charge >= 0.3 is 5.97 Å². The van der Waals surface area contributed by atoms with Crippen LogP contribution in [0.15, 0.2) is 0 Å². The van der Waals surface area contributed by atoms with Gasteiger partial charge in [0.25, 0.3) is 0 Å². The van der Waals surface area contributed by atoms with E-state index in [4.69, 9.17) is 9.84 Å². The van der Waals surface area contributed by atoms with E-state index in [1.165, 1.54) is 7.11 Å². The largest absolute Gasteiger partial charge is 0.480 e. The fourth-order valence-corrected chi connectivity index (χ4v) is 2.10. The quantitative estimate of drug-likeness (QED) is 0.760. The molecule has 5 heteroatoms. The summed E-state index contributed by atoms with van der Waals surface area (Å²) in [6, 6.07) is -1.01. The van der Waals surface area contributed by atoms with Crippen molar-refractivity contribution in [3.8, 4) is 0 Å². The van der Waals surface area contributed by atoms with Crippen LogP contribution in [0.3, 0.4) is 0 Å². The average molecular weight is 243 g/mol. The number of carboxylic acid groups (broad SMARTS) is 1. The number of carbonyl (C=O) groups is 2. The van der Waals surface area contributed by atoms with Gasteiger partial charge in [0.2, 0.25) is 5.91 Å². The van der Waals surface area contributed by atoms with Crippen molar-refractivity contribution in [1.29, 1.82) is 0 Å². The first-order valence-corrected chi connectivity index (χ1v) is 5.97. The Hall–Kier alpha value is -1.10. The van der Waals surface area contributed by atoms with Crippen LogP contribution in [-0.2, 0) is 14.3 Å². The van der Waals surface area contributed by atoms with E-state index in [1.54, 1.807) is 13.8 Å². The first-order valence-electron chi connectivity index (χ1n) is 5.97. The molecule has 0 aromatic carbocycles. The standard InChI is InChI=1S/C12H21NO4/c1-12(2,17-3)9(11(15)16)13-10(14)8-6-4-5-7-8/h8-9H,4-7H2,1-3H3,(H,13,14)(H,15,16). The van der Waals surface area contributed by atoms with Crippen molar-refractivity contribution in [2.24, 2.45) is 5.92 Å². The van der Waals surface area contributed by atoms with Crippen LogP contribution in [-0.4, -0.2) is 35.7 Å². The summed E-state index contributed by atoms with van der Waals surface area (Å²) in [4.78, 5) is 23.1. The maximum absolute atomic E-state index is 11.9. The molecule has 1 aliphatic rings. The number of hydrogen-bond donors (Lipinski definition) is 2. The predicted molar refractivity (Wildman–Crippen MR) is 62.6 cm³/mol. The molecule has 1 aliphatic carbocycles. The predicted octanol–water partition coefficient (Wildman–Crippen LogP) is 1.17. The Balaban J connectivity index is 2.66. The Kier molecular flexibility index (Phi) is 4.51. The molecule has 0 bridgehead atoms. The number of amides is 1. The molecule has 1 atom stereocenters. The SMILES string of the molecule is COC(C)(C)C(NC(=O)C1CCCC1)C(=O)O. The molecule has 17 heavy (non-hydrogen) atoms. The Morgan fingerprint density at radius 2 is 1.88 bits per heavy atom. The minimum absolute atomic E-state index is 0.0375. The molecule has 0 saturated heterocycles. The van der Waals surface area contributed by atoms with E-state index in [1.807, 2.05) is 0 Å². The lowest BCUT2D eigenvalue weighted by molar-refractivity contribution is -0.150. The Bertz CT molecular complexity index is 295. The zero-order valence-electron chi connectivity index (χ0n) is 10.7. The summed E-state index contributed by atoms with van der Waals surface area (Å²) >= 11 is 0. The minimum atomic E-state index is -1.07. The fraction of sp³-hybridized carbons (Fsp3) is 0.833. The Morgan fingerprint density at radius 1 is 1.35 bits per heavy atom. The van der Waals surface area contributed by atoms with Gasteiger partial charge in [-0.05, 0) is 26.7 Å². The molecule has 5 nitrogen and oxygen atoms in total. The van der Waals surface area contributed by atoms with Crippen molar-refractivity contribution >= 4 is 11.9 Å². The molecular formula is C12H21NO4. The summed E-state index contributed by atoms with van der Waals surface area (Å²) < 4.78 is 5.13. The molecule has 98 valence electrons. The number of hydrogen-bond acceptors (Lipinski definition) is 3. The third-order valence-corrected chi connectivity index (χ3v) is 3.48. The lowest BCUT2D eigenvalue weighted by Crippen LogP contribution is -2.56. The summed E-state index contributed by atoms with van der Waals surface area (Å²) in [6.45, 7) is 3.31. The molecule has 1 fully saturated rings. The van der Waals surface area contributed by atoms with Crippen molar-refractivity contribution < 1.29 is 19.4 Å². The monoisotopic (exact) mass is 243 g/mol. The van der Waals surface area contributed by atoms with Crippen LogP contribution in [0.2, 0.25) is 0 Å². The van der Waals surface area contributed by atoms with Crippen molar-refractivity contribution in [2.75, 3.05) is 7.11 Å². The summed E-state index contributed by atoms with van der Waals surface area (Å²) in [6.07, 6.45) is 3.80. The van der Waals surface area contributed by atoms with E-state index >= 15 is 0 Å². The zero-order chi connectivity index (χ0) is 13.1. The van der Waals surface area contributed by atoms with Crippen molar-refractivity contribution in [1.82, 2.24) is 5.32 Å². The van der Waals surface area contributed by atoms with Crippen LogP contribution in [0.5, 0.6) is 0 Å². The molecule has 1 unspecified atom stereocenters. The first kappa shape index (κ1) is 14.0. The molecule has 2 N–H and O–H groups in total. The molecule has 0 aliphatic heterocycles. The summed E-state index contributed by atoms with van der Waals surface area (Å²) in [5.74, 6) is -1.27. The number of rotatable bonds is 5. The summed E-state index contributed by atoms with van der Waals surface area (Å²) in [5, 5.41) is 11.7. The van der Waals surface area contributed by atoms with Gasteiger partial charge in [-0.2, -0.15) is 0 Å². The van der Waals surface area contributed by atoms with Crippen LogP contribution in [0.25, 0.3) is 0 Å². The number of carboxylic acids is 1. The molecule has 0 aromatic rings. The number of nitrogens with one attached hydrogen (secondary N) is 1. The zero-order valence-corrected chi connectivity index (χ0v) is 10.7. The number of methoxy groups -OCH3 is 1. The van der Waals surface area contributed by atoms with Gasteiger partial charge in [-0.1, -0.05) is 12.8 Å². The van der Waals surface area contributed by atoms with Crippen molar-refractivity contribution in [3.05, 3.63) is 0 Å². The Morgan fingerprint density at radius 3 is 2.29 bits per heavy atom. The van der Waals surface area contributed by atoms with Gasteiger partial charge in [0.15, 0.2) is 6.04 Å². The molecule has 0 radical (unpaired) electrons. The number of carbonyl (C=O) groups excluding carboxylic acids is 1. The minimum Gasteiger partial charge on any atom is -0.480 e. The maximum atomic E-state index is 11.9. The second-order valence-corrected chi connectivity index (χ2v) is 5.07. The van der Waals surface area contributed by atoms with Crippen LogP contribution in [0.1, 0.15) is 39.5 Å². The van der Waals surface area contributed by atoms with Crippen LogP contribution in [0, 0.1) is 5.92 Å². The molecule has 0 aromatic heterocycles. The van der Waals surface area contributed by atoms with E-state index in [0.29, 0.717) is 0 Å². The van der Waals surface area contributed by atoms with Gasteiger partial charge in [-0.15, -0.1) is 0 Å². The molecule has 0 spiro atoms. The second kappa shape index (κ2) is 5.49. The van der Waals surface area contributed by atoms with Gasteiger partial charge in [-0.3, -0.25) is 4.79 Å². The fourth-order valence-electron chi connectivity index (χ4n) is 2.10. The number of ether oxygens (including phenoxy) is 1. The third-order valence-electron chi connectivity index (χ3n) is 3.48. The van der Waals surface area contributed by atoms with Gasteiger partial charge in [-0.25, -0.2) is 4.79 Å². The summed E-state index contributed by atoms with van der Waals surface area (Å²) in [7, 11) is 1.44. The lowest BCUT2D eigenvalue weighted by Gasteiger charge is -2.31. The lowest BCUT2D eigenvalue weighted by atomic mass is 9.97. The third kappa shape index (κ3) is 3.43. The maximum Gasteiger partial charge on any atom is 0.329 e. The molecule has 0 heterocycles. The topological polar surface area (TPSA) is 75.6 Å². The smallest absolute Gasteiger partial charge is 0.329 e. The normalized spacial score (nSPS) is 19.0. The van der Waals surface area contributed by atoms with E-state index in [-0.39, 0.29) is 11.8 Å². The summed E-state index contributed by atoms with van der Waals surface area (Å²) in [5.41, 5.74) is -0.917. The van der Waals surface area contributed by atoms with Crippen LogP contribution < -0.4 is 5.32 Å².